The summed E-state index contributed by atoms with van der Waals surface area (Å²) in [6.07, 6.45) is 0.559. The van der Waals surface area contributed by atoms with E-state index < -0.39 is 7.12 Å². The minimum Gasteiger partial charge on any atom is -0.489 e. The molecule has 0 aliphatic heterocycles. The topological polar surface area (TPSA) is 66.8 Å². The smallest absolute Gasteiger partial charge is 0.489 e. The normalized spacial score (nSPS) is 10.2. The van der Waals surface area contributed by atoms with Gasteiger partial charge in [0.15, 0.2) is 0 Å². The molecule has 0 spiro atoms. The summed E-state index contributed by atoms with van der Waals surface area (Å²) in [5.41, 5.74) is 1.28. The summed E-state index contributed by atoms with van der Waals surface area (Å²) in [6.45, 7) is 0.330. The van der Waals surface area contributed by atoms with E-state index in [2.05, 4.69) is 0 Å². The van der Waals surface area contributed by atoms with E-state index in [9.17, 15) is 4.79 Å². The van der Waals surface area contributed by atoms with Gasteiger partial charge in [-0.05, 0) is 35.3 Å². The monoisotopic (exact) mass is 290 g/mol. The third-order valence-electron chi connectivity index (χ3n) is 2.78. The molecule has 0 aliphatic carbocycles. The maximum Gasteiger partial charge on any atom is 0.489 e. The van der Waals surface area contributed by atoms with Crippen LogP contribution in [0, 0.1) is 0 Å². The number of hydrogen-bond donors (Lipinski definition) is 2. The minimum atomic E-state index is -1.68. The van der Waals surface area contributed by atoms with Crippen LogP contribution in [0.25, 0.3) is 0 Å². The highest BCUT2D eigenvalue weighted by molar-refractivity contribution is 6.60. The van der Waals surface area contributed by atoms with E-state index in [-0.39, 0.29) is 11.0 Å². The van der Waals surface area contributed by atoms with Gasteiger partial charge in [-0.3, -0.25) is 4.79 Å². The molecule has 0 aromatic heterocycles. The van der Waals surface area contributed by atoms with Crippen LogP contribution in [0.5, 0.6) is 5.75 Å². The Morgan fingerprint density at radius 1 is 1.15 bits per heavy atom. The molecule has 2 aromatic carbocycles. The molecule has 2 N–H and O–H groups in total. The molecule has 0 aliphatic rings. The molecule has 2 rings (SSSR count). The Hall–Kier alpha value is -1.82. The molecule has 0 amide bonds. The molecule has 20 heavy (non-hydrogen) atoms. The van der Waals surface area contributed by atoms with Gasteiger partial charge in [-0.15, -0.1) is 0 Å². The zero-order chi connectivity index (χ0) is 14.5. The Balaban J connectivity index is 2.10. The van der Waals surface area contributed by atoms with Crippen molar-refractivity contribution in [2.75, 3.05) is 0 Å². The number of hydrogen-bond acceptors (Lipinski definition) is 4. The zero-order valence-electron chi connectivity index (χ0n) is 10.5. The largest absolute Gasteiger partial charge is 0.489 e. The van der Waals surface area contributed by atoms with Crippen LogP contribution in [0.2, 0.25) is 5.02 Å². The van der Waals surface area contributed by atoms with Gasteiger partial charge in [0.25, 0.3) is 0 Å². The number of ether oxygens (including phenoxy) is 1. The molecule has 0 saturated heterocycles. The van der Waals surface area contributed by atoms with Crippen molar-refractivity contribution in [1.82, 2.24) is 0 Å². The molecule has 6 heteroatoms. The lowest BCUT2D eigenvalue weighted by Gasteiger charge is -2.09. The van der Waals surface area contributed by atoms with Gasteiger partial charge in [0.1, 0.15) is 18.6 Å². The van der Waals surface area contributed by atoms with Crippen LogP contribution < -0.4 is 10.2 Å². The second kappa shape index (κ2) is 6.57. The Kier molecular flexibility index (Phi) is 4.79. The van der Waals surface area contributed by atoms with E-state index in [0.29, 0.717) is 23.7 Å². The fraction of sp³-hybridized carbons (Fsp3) is 0.0714. The van der Waals surface area contributed by atoms with E-state index in [1.165, 1.54) is 12.1 Å². The van der Waals surface area contributed by atoms with Gasteiger partial charge in [0, 0.05) is 10.6 Å². The lowest BCUT2D eigenvalue weighted by atomic mass is 9.77. The summed E-state index contributed by atoms with van der Waals surface area (Å²) in [5, 5.41) is 18.9. The van der Waals surface area contributed by atoms with Gasteiger partial charge < -0.3 is 14.8 Å². The quantitative estimate of drug-likeness (QED) is 0.645. The van der Waals surface area contributed by atoms with Crippen molar-refractivity contribution < 1.29 is 19.6 Å². The first kappa shape index (κ1) is 14.6. The molecule has 0 saturated carbocycles. The fourth-order valence-electron chi connectivity index (χ4n) is 1.73. The molecule has 4 nitrogen and oxygen atoms in total. The van der Waals surface area contributed by atoms with Crippen LogP contribution in [-0.2, 0) is 6.61 Å². The summed E-state index contributed by atoms with van der Waals surface area (Å²) in [7, 11) is -1.68. The molecule has 102 valence electrons. The molecule has 0 radical (unpaired) electrons. The number of carbonyl (C=O) groups is 1. The molecule has 0 unspecified atom stereocenters. The molecule has 0 fully saturated rings. The van der Waals surface area contributed by atoms with E-state index in [1.54, 1.807) is 18.2 Å². The van der Waals surface area contributed by atoms with Crippen LogP contribution in [0.3, 0.4) is 0 Å². The summed E-state index contributed by atoms with van der Waals surface area (Å²) >= 11 is 5.79. The number of aldehydes is 1. The van der Waals surface area contributed by atoms with Crippen LogP contribution >= 0.6 is 11.6 Å². The third kappa shape index (κ3) is 3.60. The average Bonchev–Trinajstić information content (AvgIpc) is 2.46. The fourth-order valence-corrected chi connectivity index (χ4v) is 1.85. The third-order valence-corrected chi connectivity index (χ3v) is 3.03. The van der Waals surface area contributed by atoms with Crippen molar-refractivity contribution in [2.24, 2.45) is 0 Å². The second-order valence-corrected chi connectivity index (χ2v) is 4.63. The lowest BCUT2D eigenvalue weighted by molar-refractivity contribution is 0.112. The number of carbonyl (C=O) groups excluding carboxylic acids is 1. The number of benzene rings is 2. The Morgan fingerprint density at radius 2 is 1.85 bits per heavy atom. The van der Waals surface area contributed by atoms with E-state index in [0.717, 1.165) is 5.56 Å². The second-order valence-electron chi connectivity index (χ2n) is 4.20. The Labute approximate surface area is 121 Å². The minimum absolute atomic E-state index is 0.152. The highest BCUT2D eigenvalue weighted by atomic mass is 35.5. The van der Waals surface area contributed by atoms with Crippen molar-refractivity contribution in [1.29, 1.82) is 0 Å². The maximum absolute atomic E-state index is 10.9. The Morgan fingerprint density at radius 3 is 2.45 bits per heavy atom. The molecular weight excluding hydrogens is 278 g/mol. The molecule has 0 heterocycles. The van der Waals surface area contributed by atoms with Crippen molar-refractivity contribution in [3.63, 3.8) is 0 Å². The standard InChI is InChI=1S/C14H12BClO4/c16-12-3-1-10(2-4-12)9-20-13-5-6-14(15(18)19)11(7-13)8-17/h1-8,18-19H,9H2. The lowest BCUT2D eigenvalue weighted by Crippen LogP contribution is -2.32. The molecule has 0 bridgehead atoms. The summed E-state index contributed by atoms with van der Waals surface area (Å²) in [6, 6.07) is 11.7. The highest BCUT2D eigenvalue weighted by Gasteiger charge is 2.16. The number of rotatable bonds is 5. The van der Waals surface area contributed by atoms with Gasteiger partial charge in [-0.25, -0.2) is 0 Å². The van der Waals surface area contributed by atoms with Crippen LogP contribution in [0.15, 0.2) is 42.5 Å². The van der Waals surface area contributed by atoms with Crippen LogP contribution in [0.1, 0.15) is 15.9 Å². The maximum atomic E-state index is 10.9. The first-order chi connectivity index (χ1) is 9.60. The van der Waals surface area contributed by atoms with Gasteiger partial charge >= 0.3 is 7.12 Å². The van der Waals surface area contributed by atoms with Gasteiger partial charge in [-0.1, -0.05) is 29.8 Å². The van der Waals surface area contributed by atoms with E-state index in [4.69, 9.17) is 26.4 Å². The van der Waals surface area contributed by atoms with E-state index in [1.807, 2.05) is 12.1 Å². The van der Waals surface area contributed by atoms with E-state index >= 15 is 0 Å². The predicted molar refractivity (Wildman–Crippen MR) is 77.4 cm³/mol. The summed E-state index contributed by atoms with van der Waals surface area (Å²) in [5.74, 6) is 0.478. The van der Waals surface area contributed by atoms with Gasteiger partial charge in [-0.2, -0.15) is 0 Å². The zero-order valence-corrected chi connectivity index (χ0v) is 11.2. The molecule has 2 aromatic rings. The van der Waals surface area contributed by atoms with Crippen LogP contribution in [-0.4, -0.2) is 23.5 Å². The van der Waals surface area contributed by atoms with Crippen molar-refractivity contribution in [2.45, 2.75) is 6.61 Å². The summed E-state index contributed by atoms with van der Waals surface area (Å²) in [4.78, 5) is 10.9. The van der Waals surface area contributed by atoms with Gasteiger partial charge in [0.2, 0.25) is 0 Å². The predicted octanol–water partition coefficient (Wildman–Crippen LogP) is 1.41. The SMILES string of the molecule is O=Cc1cc(OCc2ccc(Cl)cc2)ccc1B(O)O. The van der Waals surface area contributed by atoms with Gasteiger partial charge in [0.05, 0.1) is 0 Å². The highest BCUT2D eigenvalue weighted by Crippen LogP contribution is 2.15. The van der Waals surface area contributed by atoms with Crippen molar-refractivity contribution in [3.8, 4) is 5.75 Å². The Bertz CT molecular complexity index is 599. The van der Waals surface area contributed by atoms with Crippen molar-refractivity contribution in [3.05, 3.63) is 58.6 Å². The number of halogens is 1. The first-order valence-electron chi connectivity index (χ1n) is 5.92. The van der Waals surface area contributed by atoms with Crippen molar-refractivity contribution >= 4 is 30.5 Å². The molecular formula is C14H12BClO4. The van der Waals surface area contributed by atoms with Crippen LogP contribution in [0.4, 0.5) is 0 Å². The first-order valence-corrected chi connectivity index (χ1v) is 6.30. The average molecular weight is 291 g/mol. The summed E-state index contributed by atoms with van der Waals surface area (Å²) < 4.78 is 5.54. The molecule has 0 atom stereocenters.